The molecule has 2 fully saturated rings. The molecule has 12 nitrogen and oxygen atoms in total. The van der Waals surface area contributed by atoms with Crippen LogP contribution >= 0.6 is 35.8 Å². The maximum absolute atomic E-state index is 13.4. The Kier molecular flexibility index (Phi) is 9.98. The smallest absolute Gasteiger partial charge is 0.330 e. The standard InChI is InChI=1S/C23H29BrN3O9PS/c1-26-12-15(10-18(33-2)38-16-6-4-3-5-7-16)36-37(26,32)34-13-17-19(28)20(29)22(35-17)27-11-14(8-9-24)21(30)25-23(27)31/h3-9,11,15,17-20,22,28-29H,10,12-13H2,1-2H3,(H,25,30,31)/b9-8+/t15?,17-,18?,19-,20-,22-,37?/m1/s1. The summed E-state index contributed by atoms with van der Waals surface area (Å²) in [6.07, 6.45) is -2.74. The lowest BCUT2D eigenvalue weighted by Gasteiger charge is -2.28. The molecule has 0 saturated carbocycles. The zero-order chi connectivity index (χ0) is 27.4. The Bertz CT molecular complexity index is 1230. The highest BCUT2D eigenvalue weighted by atomic mass is 79.9. The maximum atomic E-state index is 13.4. The molecule has 2 aromatic rings. The van der Waals surface area contributed by atoms with Gasteiger partial charge in [0.25, 0.3) is 5.56 Å². The summed E-state index contributed by atoms with van der Waals surface area (Å²) in [5.74, 6) is 0. The molecule has 2 aliphatic heterocycles. The van der Waals surface area contributed by atoms with Crippen molar-refractivity contribution < 1.29 is 33.6 Å². The monoisotopic (exact) mass is 633 g/mol. The minimum atomic E-state index is -3.72. The molecule has 0 spiro atoms. The van der Waals surface area contributed by atoms with Gasteiger partial charge in [0.15, 0.2) is 6.23 Å². The summed E-state index contributed by atoms with van der Waals surface area (Å²) in [6.45, 7) is -0.0374. The van der Waals surface area contributed by atoms with Gasteiger partial charge >= 0.3 is 13.8 Å². The molecular formula is C23H29BrN3O9PS. The predicted octanol–water partition coefficient (Wildman–Crippen LogP) is 1.06. The number of aromatic amines is 1. The minimum absolute atomic E-state index is 0.128. The lowest BCUT2D eigenvalue weighted by Crippen LogP contribution is -2.38. The van der Waals surface area contributed by atoms with Crippen LogP contribution in [-0.4, -0.2) is 81.6 Å². The Morgan fingerprint density at radius 2 is 2.05 bits per heavy atom. The van der Waals surface area contributed by atoms with Crippen LogP contribution in [0, 0.1) is 0 Å². The Morgan fingerprint density at radius 3 is 2.74 bits per heavy atom. The van der Waals surface area contributed by atoms with E-state index >= 15 is 0 Å². The van der Waals surface area contributed by atoms with Crippen LogP contribution in [0.1, 0.15) is 18.2 Å². The minimum Gasteiger partial charge on any atom is -0.616 e. The molecule has 1 aromatic carbocycles. The number of ether oxygens (including phenoxy) is 2. The van der Waals surface area contributed by atoms with Crippen molar-refractivity contribution in [1.29, 1.82) is 0 Å². The number of rotatable bonds is 10. The molecule has 0 amide bonds. The molecule has 38 heavy (non-hydrogen) atoms. The van der Waals surface area contributed by atoms with E-state index in [0.29, 0.717) is 13.0 Å². The molecule has 3 heterocycles. The summed E-state index contributed by atoms with van der Waals surface area (Å²) in [6, 6.07) is 9.75. The number of likely N-dealkylation sites (N-methyl/N-ethyl adjacent to an activating group) is 1. The molecule has 7 atom stereocenters. The van der Waals surface area contributed by atoms with Gasteiger partial charge in [0.2, 0.25) is 0 Å². The van der Waals surface area contributed by atoms with Gasteiger partial charge in [0.1, 0.15) is 36.5 Å². The number of methoxy groups -OCH3 is 1. The largest absolute Gasteiger partial charge is 0.616 e. The highest BCUT2D eigenvalue weighted by Gasteiger charge is 2.51. The van der Waals surface area contributed by atoms with Crippen LogP contribution in [-0.2, 0) is 18.5 Å². The third-order valence-corrected chi connectivity index (χ3v) is 9.64. The lowest BCUT2D eigenvalue weighted by atomic mass is 10.1. The summed E-state index contributed by atoms with van der Waals surface area (Å²) < 4.78 is 25.1. The van der Waals surface area contributed by atoms with Crippen LogP contribution in [0.15, 0.2) is 56.0 Å². The summed E-state index contributed by atoms with van der Waals surface area (Å²) in [5.41, 5.74) is -1.56. The second kappa shape index (κ2) is 12.8. The van der Waals surface area contributed by atoms with Crippen LogP contribution in [0.4, 0.5) is 0 Å². The number of H-pyrrole nitrogens is 1. The van der Waals surface area contributed by atoms with Gasteiger partial charge in [-0.25, -0.2) is 4.79 Å². The average Bonchev–Trinajstić information content (AvgIpc) is 3.34. The highest BCUT2D eigenvalue weighted by Crippen LogP contribution is 2.61. The quantitative estimate of drug-likeness (QED) is 0.195. The summed E-state index contributed by atoms with van der Waals surface area (Å²) in [5, 5.41) is 21.1. The number of benzene rings is 1. The summed E-state index contributed by atoms with van der Waals surface area (Å²) >= 11 is 4.59. The highest BCUT2D eigenvalue weighted by molar-refractivity contribution is 9.11. The van der Waals surface area contributed by atoms with Gasteiger partial charge in [-0.05, 0) is 23.2 Å². The van der Waals surface area contributed by atoms with Gasteiger partial charge in [-0.2, -0.15) is 9.05 Å². The first-order valence-corrected chi connectivity index (χ1v) is 15.0. The van der Waals surface area contributed by atoms with Crippen molar-refractivity contribution in [3.8, 4) is 0 Å². The first-order valence-electron chi connectivity index (χ1n) is 11.7. The van der Waals surface area contributed by atoms with Crippen molar-refractivity contribution in [3.63, 3.8) is 0 Å². The topological polar surface area (TPSA) is 159 Å². The van der Waals surface area contributed by atoms with E-state index in [1.54, 1.807) is 14.2 Å². The predicted molar refractivity (Wildman–Crippen MR) is 143 cm³/mol. The third kappa shape index (κ3) is 6.65. The Hall–Kier alpha value is -1.42. The molecule has 15 heteroatoms. The Morgan fingerprint density at radius 1 is 1.32 bits per heavy atom. The first-order chi connectivity index (χ1) is 18.1. The van der Waals surface area contributed by atoms with E-state index in [-0.39, 0.29) is 17.6 Å². The van der Waals surface area contributed by atoms with Crippen molar-refractivity contribution in [2.75, 3.05) is 27.3 Å². The zero-order valence-corrected chi connectivity index (χ0v) is 23.9. The van der Waals surface area contributed by atoms with E-state index in [2.05, 4.69) is 20.9 Å². The van der Waals surface area contributed by atoms with E-state index in [0.717, 1.165) is 9.46 Å². The normalized spacial score (nSPS) is 30.8. The fraction of sp³-hybridized carbons (Fsp3) is 0.478. The first kappa shape index (κ1) is 29.6. The number of nitrogens with one attached hydrogen (secondary N) is 1. The van der Waals surface area contributed by atoms with Crippen LogP contribution in [0.2, 0.25) is 0 Å². The Labute approximate surface area is 231 Å². The molecule has 2 saturated heterocycles. The van der Waals surface area contributed by atoms with Crippen LogP contribution in [0.3, 0.4) is 0 Å². The fourth-order valence-electron chi connectivity index (χ4n) is 4.14. The van der Waals surface area contributed by atoms with Crippen molar-refractivity contribution in [2.45, 2.75) is 47.4 Å². The molecule has 0 radical (unpaired) electrons. The molecule has 208 valence electrons. The van der Waals surface area contributed by atoms with Gasteiger partial charge in [0, 0.05) is 31.7 Å². The Balaban J connectivity index is 1.38. The molecule has 3 N–H and O–H groups in total. The number of halogens is 1. The van der Waals surface area contributed by atoms with Crippen molar-refractivity contribution in [3.05, 3.63) is 67.9 Å². The molecule has 4 rings (SSSR count). The number of nitrogens with zero attached hydrogens (tertiary/aromatic N) is 2. The number of hydrogen-bond acceptors (Lipinski definition) is 11. The number of aliphatic hydroxyl groups is 2. The van der Waals surface area contributed by atoms with Gasteiger partial charge in [-0.1, -0.05) is 45.9 Å². The van der Waals surface area contributed by atoms with Crippen LogP contribution < -0.4 is 16.1 Å². The second-order valence-electron chi connectivity index (χ2n) is 8.75. The number of thioether (sulfide) groups is 1. The van der Waals surface area contributed by atoms with Crippen molar-refractivity contribution >= 4 is 41.9 Å². The number of hydrogen-bond donors (Lipinski definition) is 3. The molecule has 3 unspecified atom stereocenters. The molecule has 0 bridgehead atoms. The molecule has 2 aliphatic rings. The summed E-state index contributed by atoms with van der Waals surface area (Å²) in [4.78, 5) is 42.3. The lowest BCUT2D eigenvalue weighted by molar-refractivity contribution is -0.230. The number of aromatic nitrogens is 2. The van der Waals surface area contributed by atoms with Crippen molar-refractivity contribution in [1.82, 2.24) is 14.2 Å². The average molecular weight is 634 g/mol. The SMILES string of the molecule is COC(CC1CN(C)[P+]([O-])(OC[C@H]2O[C@@H](n3cc(/C=C/Br)c(=O)[nH]c3=O)[C@H](O)[C@@H]2O)O1)Sc1ccccc1. The van der Waals surface area contributed by atoms with Crippen LogP contribution in [0.25, 0.3) is 6.08 Å². The maximum Gasteiger partial charge on any atom is 0.330 e. The van der Waals surface area contributed by atoms with E-state index in [4.69, 9.17) is 18.5 Å². The van der Waals surface area contributed by atoms with E-state index in [1.807, 2.05) is 30.3 Å². The zero-order valence-electron chi connectivity index (χ0n) is 20.6. The van der Waals surface area contributed by atoms with E-state index < -0.39 is 50.0 Å². The number of aliphatic hydroxyl groups excluding tert-OH is 2. The van der Waals surface area contributed by atoms with E-state index in [1.165, 1.54) is 33.7 Å². The third-order valence-electron chi connectivity index (χ3n) is 6.15. The van der Waals surface area contributed by atoms with Gasteiger partial charge < -0.3 is 24.6 Å². The fourth-order valence-corrected chi connectivity index (χ4v) is 7.12. The molecule has 1 aromatic heterocycles. The molecular weight excluding hydrogens is 605 g/mol. The van der Waals surface area contributed by atoms with E-state index in [9.17, 15) is 24.7 Å². The van der Waals surface area contributed by atoms with Gasteiger partial charge in [-0.3, -0.25) is 14.3 Å². The van der Waals surface area contributed by atoms with Crippen LogP contribution in [0.5, 0.6) is 0 Å². The van der Waals surface area contributed by atoms with Gasteiger partial charge in [0.05, 0.1) is 12.1 Å². The van der Waals surface area contributed by atoms with Crippen molar-refractivity contribution in [2.24, 2.45) is 0 Å². The molecule has 0 aliphatic carbocycles. The van der Waals surface area contributed by atoms with Gasteiger partial charge in [-0.15, -0.1) is 4.67 Å². The summed E-state index contributed by atoms with van der Waals surface area (Å²) in [7, 11) is -0.518. The second-order valence-corrected chi connectivity index (χ2v) is 12.6.